The van der Waals surface area contributed by atoms with Gasteiger partial charge >= 0.3 is 11.9 Å². The Morgan fingerprint density at radius 2 is 1.81 bits per heavy atom. The fourth-order valence-corrected chi connectivity index (χ4v) is 3.77. The second-order valence-electron chi connectivity index (χ2n) is 7.97. The van der Waals surface area contributed by atoms with Crippen LogP contribution in [0.25, 0.3) is 11.1 Å². The number of hydrogen-bond donors (Lipinski definition) is 2. The summed E-state index contributed by atoms with van der Waals surface area (Å²) in [7, 11) is 0. The zero-order chi connectivity index (χ0) is 23.9. The van der Waals surface area contributed by atoms with Crippen molar-refractivity contribution < 1.29 is 33.7 Å². The van der Waals surface area contributed by atoms with Gasteiger partial charge in [-0.1, -0.05) is 35.9 Å². The minimum Gasteiger partial charge on any atom is -0.476 e. The molecule has 0 radical (unpaired) electrons. The van der Waals surface area contributed by atoms with Crippen molar-refractivity contribution in [1.29, 1.82) is 0 Å². The van der Waals surface area contributed by atoms with Crippen LogP contribution in [0.15, 0.2) is 42.5 Å². The average Bonchev–Trinajstić information content (AvgIpc) is 2.76. The van der Waals surface area contributed by atoms with Crippen molar-refractivity contribution in [2.75, 3.05) is 13.2 Å². The molecule has 172 valence electrons. The SMILES string of the molecule is CCOC(=O)[C@](C)(CO)C[C@H](CC(=O)C(=O)O)Cc1ccc(-c2cc(Cl)ccc2F)cc1. The lowest BCUT2D eigenvalue weighted by Gasteiger charge is -2.29. The van der Waals surface area contributed by atoms with Crippen molar-refractivity contribution in [2.45, 2.75) is 33.1 Å². The van der Waals surface area contributed by atoms with Crippen LogP contribution < -0.4 is 0 Å². The number of carboxylic acids is 1. The summed E-state index contributed by atoms with van der Waals surface area (Å²) >= 11 is 5.96. The number of ketones is 1. The Balaban J connectivity index is 2.26. The fraction of sp³-hybridized carbons (Fsp3) is 0.375. The first-order valence-electron chi connectivity index (χ1n) is 10.2. The molecular formula is C24H26ClFO6. The number of aliphatic hydroxyl groups is 1. The van der Waals surface area contributed by atoms with Gasteiger partial charge in [0.1, 0.15) is 5.82 Å². The highest BCUT2D eigenvalue weighted by Gasteiger charge is 2.37. The number of Topliss-reactive ketones (excluding diaryl/α,β-unsaturated/α-hetero) is 1. The molecule has 0 saturated carbocycles. The van der Waals surface area contributed by atoms with Gasteiger partial charge in [0.25, 0.3) is 0 Å². The number of aliphatic carboxylic acids is 1. The first kappa shape index (κ1) is 25.5. The molecule has 0 fully saturated rings. The van der Waals surface area contributed by atoms with Crippen LogP contribution in [0, 0.1) is 17.2 Å². The molecule has 2 atom stereocenters. The second-order valence-corrected chi connectivity index (χ2v) is 8.40. The summed E-state index contributed by atoms with van der Waals surface area (Å²) in [5, 5.41) is 19.2. The average molecular weight is 465 g/mol. The zero-order valence-corrected chi connectivity index (χ0v) is 18.7. The third-order valence-electron chi connectivity index (χ3n) is 5.29. The van der Waals surface area contributed by atoms with Crippen molar-refractivity contribution in [3.8, 4) is 11.1 Å². The van der Waals surface area contributed by atoms with E-state index in [1.54, 1.807) is 31.2 Å². The summed E-state index contributed by atoms with van der Waals surface area (Å²) in [5.74, 6) is -4.09. The monoisotopic (exact) mass is 464 g/mol. The predicted molar refractivity (Wildman–Crippen MR) is 118 cm³/mol. The molecule has 0 heterocycles. The highest BCUT2D eigenvalue weighted by molar-refractivity contribution is 6.32. The van der Waals surface area contributed by atoms with Gasteiger partial charge < -0.3 is 14.9 Å². The van der Waals surface area contributed by atoms with Crippen molar-refractivity contribution >= 4 is 29.3 Å². The Kier molecular flexibility index (Phi) is 8.92. The molecule has 2 aromatic rings. The number of benzene rings is 2. The summed E-state index contributed by atoms with van der Waals surface area (Å²) in [6.45, 7) is 2.80. The van der Waals surface area contributed by atoms with Gasteiger partial charge in [0.05, 0.1) is 18.6 Å². The van der Waals surface area contributed by atoms with E-state index in [4.69, 9.17) is 21.4 Å². The van der Waals surface area contributed by atoms with E-state index in [1.807, 2.05) is 0 Å². The molecule has 0 aliphatic rings. The van der Waals surface area contributed by atoms with E-state index in [0.717, 1.165) is 5.56 Å². The van der Waals surface area contributed by atoms with E-state index < -0.39 is 41.5 Å². The Bertz CT molecular complexity index is 975. The van der Waals surface area contributed by atoms with Crippen molar-refractivity contribution in [3.63, 3.8) is 0 Å². The lowest BCUT2D eigenvalue weighted by Crippen LogP contribution is -2.37. The zero-order valence-electron chi connectivity index (χ0n) is 17.9. The van der Waals surface area contributed by atoms with E-state index in [0.29, 0.717) is 16.1 Å². The second kappa shape index (κ2) is 11.2. The van der Waals surface area contributed by atoms with Gasteiger partial charge in [0, 0.05) is 17.0 Å². The van der Waals surface area contributed by atoms with Crippen molar-refractivity contribution in [3.05, 3.63) is 58.9 Å². The highest BCUT2D eigenvalue weighted by Crippen LogP contribution is 2.32. The van der Waals surface area contributed by atoms with E-state index in [9.17, 15) is 23.9 Å². The van der Waals surface area contributed by atoms with Gasteiger partial charge in [-0.3, -0.25) is 9.59 Å². The summed E-state index contributed by atoms with van der Waals surface area (Å²) in [6.07, 6.45) is 0.0490. The Morgan fingerprint density at radius 1 is 1.16 bits per heavy atom. The quantitative estimate of drug-likeness (QED) is 0.380. The molecule has 0 aromatic heterocycles. The van der Waals surface area contributed by atoms with E-state index >= 15 is 0 Å². The van der Waals surface area contributed by atoms with Crippen LogP contribution in [0.3, 0.4) is 0 Å². The van der Waals surface area contributed by atoms with Crippen LogP contribution in [0.1, 0.15) is 32.3 Å². The van der Waals surface area contributed by atoms with Gasteiger partial charge in [0.15, 0.2) is 0 Å². The van der Waals surface area contributed by atoms with Gasteiger partial charge in [-0.2, -0.15) is 0 Å². The molecule has 8 heteroatoms. The fourth-order valence-electron chi connectivity index (χ4n) is 3.59. The third-order valence-corrected chi connectivity index (χ3v) is 5.52. The number of rotatable bonds is 11. The van der Waals surface area contributed by atoms with E-state index in [2.05, 4.69) is 0 Å². The van der Waals surface area contributed by atoms with Crippen LogP contribution in [0.2, 0.25) is 5.02 Å². The molecule has 0 unspecified atom stereocenters. The highest BCUT2D eigenvalue weighted by atomic mass is 35.5. The molecule has 0 aliphatic heterocycles. The summed E-state index contributed by atoms with van der Waals surface area (Å²) in [4.78, 5) is 35.3. The van der Waals surface area contributed by atoms with E-state index in [-0.39, 0.29) is 25.9 Å². The number of carbonyl (C=O) groups excluding carboxylic acids is 2. The van der Waals surface area contributed by atoms with Gasteiger partial charge in [-0.15, -0.1) is 0 Å². The molecule has 2 N–H and O–H groups in total. The molecule has 32 heavy (non-hydrogen) atoms. The molecular weight excluding hydrogens is 439 g/mol. The summed E-state index contributed by atoms with van der Waals surface area (Å²) in [6, 6.07) is 11.2. The van der Waals surface area contributed by atoms with Crippen LogP contribution in [-0.4, -0.2) is 41.1 Å². The first-order valence-corrected chi connectivity index (χ1v) is 10.6. The van der Waals surface area contributed by atoms with Crippen LogP contribution in [0.4, 0.5) is 4.39 Å². The minimum atomic E-state index is -1.55. The number of hydrogen-bond acceptors (Lipinski definition) is 5. The number of esters is 1. The summed E-state index contributed by atoms with van der Waals surface area (Å²) < 4.78 is 19.2. The lowest BCUT2D eigenvalue weighted by atomic mass is 9.77. The molecule has 2 rings (SSSR count). The molecule has 0 aliphatic carbocycles. The predicted octanol–water partition coefficient (Wildman–Crippen LogP) is 4.30. The van der Waals surface area contributed by atoms with Gasteiger partial charge in [-0.05, 0) is 61.9 Å². The number of ether oxygens (including phenoxy) is 1. The topological polar surface area (TPSA) is 101 Å². The van der Waals surface area contributed by atoms with E-state index in [1.165, 1.54) is 25.1 Å². The molecule has 0 bridgehead atoms. The Hall–Kier alpha value is -2.77. The van der Waals surface area contributed by atoms with Crippen LogP contribution >= 0.6 is 11.6 Å². The molecule has 0 amide bonds. The third kappa shape index (κ3) is 6.61. The molecule has 0 saturated heterocycles. The molecule has 6 nitrogen and oxygen atoms in total. The van der Waals surface area contributed by atoms with Crippen molar-refractivity contribution in [1.82, 2.24) is 0 Å². The maximum absolute atomic E-state index is 14.1. The number of carbonyl (C=O) groups is 3. The first-order chi connectivity index (χ1) is 15.1. The lowest BCUT2D eigenvalue weighted by molar-refractivity contribution is -0.158. The van der Waals surface area contributed by atoms with Crippen LogP contribution in [-0.2, 0) is 25.5 Å². The molecule has 0 spiro atoms. The van der Waals surface area contributed by atoms with Gasteiger partial charge in [0.2, 0.25) is 5.78 Å². The minimum absolute atomic E-state index is 0.0615. The molecule has 2 aromatic carbocycles. The standard InChI is InChI=1S/C24H26ClFO6/c1-3-32-23(31)24(2,14-27)13-16(11-21(28)22(29)30)10-15-4-6-17(7-5-15)19-12-18(25)8-9-20(19)26/h4-9,12,16,27H,3,10-11,13-14H2,1-2H3,(H,29,30)/t16-,24-/m0/s1. The Labute approximate surface area is 191 Å². The van der Waals surface area contributed by atoms with Crippen molar-refractivity contribution in [2.24, 2.45) is 11.3 Å². The normalized spacial score (nSPS) is 13.8. The summed E-state index contributed by atoms with van der Waals surface area (Å²) in [5.41, 5.74) is 0.447. The Morgan fingerprint density at radius 3 is 2.38 bits per heavy atom. The van der Waals surface area contributed by atoms with Gasteiger partial charge in [-0.25, -0.2) is 9.18 Å². The maximum atomic E-state index is 14.1. The number of carboxylic acid groups (broad SMARTS) is 1. The largest absolute Gasteiger partial charge is 0.476 e. The van der Waals surface area contributed by atoms with Crippen LogP contribution in [0.5, 0.6) is 0 Å². The smallest absolute Gasteiger partial charge is 0.372 e. The maximum Gasteiger partial charge on any atom is 0.372 e. The number of aliphatic hydroxyl groups excluding tert-OH is 1. The number of halogens is 2.